The molecule has 1 aliphatic rings. The third-order valence-corrected chi connectivity index (χ3v) is 7.09. The molecule has 2 aromatic heterocycles. The summed E-state index contributed by atoms with van der Waals surface area (Å²) >= 11 is 0. The molecule has 0 saturated carbocycles. The number of aliphatic imine (C=N–C) groups is 2. The van der Waals surface area contributed by atoms with Gasteiger partial charge in [-0.25, -0.2) is 4.99 Å². The lowest BCUT2D eigenvalue weighted by molar-refractivity contribution is 0.0997. The van der Waals surface area contributed by atoms with Gasteiger partial charge < -0.3 is 15.2 Å². The van der Waals surface area contributed by atoms with E-state index < -0.39 is 0 Å². The molecule has 0 radical (unpaired) electrons. The van der Waals surface area contributed by atoms with E-state index in [1.165, 1.54) is 0 Å². The number of amidine groups is 1. The van der Waals surface area contributed by atoms with Gasteiger partial charge in [0.1, 0.15) is 5.84 Å². The molecule has 4 aromatic rings. The number of amides is 1. The van der Waals surface area contributed by atoms with Crippen LogP contribution < -0.4 is 10.2 Å². The van der Waals surface area contributed by atoms with Crippen LogP contribution in [0.25, 0.3) is 27.7 Å². The third-order valence-electron chi connectivity index (χ3n) is 7.09. The van der Waals surface area contributed by atoms with Crippen molar-refractivity contribution in [2.45, 2.75) is 27.3 Å². The summed E-state index contributed by atoms with van der Waals surface area (Å²) in [5, 5.41) is 12.0. The first kappa shape index (κ1) is 26.5. The van der Waals surface area contributed by atoms with Gasteiger partial charge in [0, 0.05) is 59.6 Å². The average molecular weight is 530 g/mol. The quantitative estimate of drug-likeness (QED) is 0.193. The number of carbonyl (C=O) groups is 1. The van der Waals surface area contributed by atoms with Gasteiger partial charge in [-0.3, -0.25) is 20.2 Å². The highest BCUT2D eigenvalue weighted by atomic mass is 16.2. The maximum Gasteiger partial charge on any atom is 0.259 e. The first-order chi connectivity index (χ1) is 19.3. The molecule has 3 N–H and O–H groups in total. The zero-order valence-electron chi connectivity index (χ0n) is 23.0. The molecule has 0 aliphatic carbocycles. The Labute approximate surface area is 233 Å². The van der Waals surface area contributed by atoms with Gasteiger partial charge in [-0.2, -0.15) is 0 Å². The smallest absolute Gasteiger partial charge is 0.259 e. The van der Waals surface area contributed by atoms with Crippen LogP contribution in [0.5, 0.6) is 0 Å². The third kappa shape index (κ3) is 4.87. The number of aromatic nitrogens is 2. The summed E-state index contributed by atoms with van der Waals surface area (Å²) in [5.41, 5.74) is 9.49. The minimum atomic E-state index is -0.0318. The van der Waals surface area contributed by atoms with Crippen LogP contribution in [0.15, 0.2) is 88.3 Å². The zero-order valence-corrected chi connectivity index (χ0v) is 23.0. The Morgan fingerprint density at radius 1 is 1.18 bits per heavy atom. The van der Waals surface area contributed by atoms with E-state index in [-0.39, 0.29) is 11.7 Å². The molecule has 0 fully saturated rings. The van der Waals surface area contributed by atoms with Gasteiger partial charge in [0.2, 0.25) is 0 Å². The van der Waals surface area contributed by atoms with Crippen molar-refractivity contribution in [2.75, 3.05) is 11.9 Å². The van der Waals surface area contributed by atoms with E-state index in [1.807, 2.05) is 74.3 Å². The normalized spacial score (nSPS) is 14.1. The number of carbonyl (C=O) groups excluding carboxylic acids is 1. The molecule has 8 nitrogen and oxygen atoms in total. The highest BCUT2D eigenvalue weighted by molar-refractivity contribution is 6.15. The van der Waals surface area contributed by atoms with E-state index in [0.717, 1.165) is 55.8 Å². The second-order valence-electron chi connectivity index (χ2n) is 9.72. The molecule has 200 valence electrons. The number of pyridine rings is 1. The van der Waals surface area contributed by atoms with Crippen molar-refractivity contribution < 1.29 is 4.79 Å². The number of fused-ring (bicyclic) bond motifs is 2. The van der Waals surface area contributed by atoms with Gasteiger partial charge in [0.05, 0.1) is 23.4 Å². The highest BCUT2D eigenvalue weighted by Crippen LogP contribution is 2.39. The van der Waals surface area contributed by atoms with E-state index >= 15 is 0 Å². The molecule has 3 heterocycles. The maximum absolute atomic E-state index is 13.7. The summed E-state index contributed by atoms with van der Waals surface area (Å²) in [6.45, 7) is 9.99. The number of hydrogen-bond donors (Lipinski definition) is 3. The van der Waals surface area contributed by atoms with Gasteiger partial charge in [0.25, 0.3) is 5.91 Å². The summed E-state index contributed by atoms with van der Waals surface area (Å²) < 4.78 is 0. The predicted molar refractivity (Wildman–Crippen MR) is 164 cm³/mol. The summed E-state index contributed by atoms with van der Waals surface area (Å²) in [6.07, 6.45) is 6.95. The maximum atomic E-state index is 13.7. The second kappa shape index (κ2) is 10.9. The van der Waals surface area contributed by atoms with Crippen molar-refractivity contribution in [3.05, 3.63) is 101 Å². The standard InChI is InChI=1S/C32H31N7O/c1-19(16-37-29(33)15-20(2)34-4)30(35-5)26-17-38-31-24(26)9-7-11-28(31)39-18-27-23(8-6-10-25(27)32(39)40)22-12-13-36-21(3)14-22/h6-17,33-34,38H,5,18H2,1-4H3/b20-15-,30-19-,33-29?,37-16?. The number of H-pyrrole nitrogens is 1. The number of hydrogen-bond acceptors (Lipinski definition) is 5. The van der Waals surface area contributed by atoms with Crippen molar-refractivity contribution in [1.29, 1.82) is 5.41 Å². The number of benzene rings is 2. The number of rotatable bonds is 7. The van der Waals surface area contributed by atoms with Crippen LogP contribution in [0.3, 0.4) is 0 Å². The van der Waals surface area contributed by atoms with Crippen LogP contribution >= 0.6 is 0 Å². The van der Waals surface area contributed by atoms with E-state index in [0.29, 0.717) is 17.8 Å². The molecule has 1 amide bonds. The number of anilines is 1. The molecule has 0 atom stereocenters. The first-order valence-electron chi connectivity index (χ1n) is 13.0. The predicted octanol–water partition coefficient (Wildman–Crippen LogP) is 6.30. The number of nitrogens with zero attached hydrogens (tertiary/aromatic N) is 4. The summed E-state index contributed by atoms with van der Waals surface area (Å²) in [6, 6.07) is 15.8. The molecule has 0 bridgehead atoms. The molecule has 40 heavy (non-hydrogen) atoms. The van der Waals surface area contributed by atoms with E-state index in [9.17, 15) is 4.79 Å². The fourth-order valence-electron chi connectivity index (χ4n) is 5.03. The van der Waals surface area contributed by atoms with E-state index in [1.54, 1.807) is 25.5 Å². The fourth-order valence-corrected chi connectivity index (χ4v) is 5.03. The average Bonchev–Trinajstić information content (AvgIpc) is 3.53. The second-order valence-corrected chi connectivity index (χ2v) is 9.72. The summed E-state index contributed by atoms with van der Waals surface area (Å²) in [5.74, 6) is 0.0971. The fraction of sp³-hybridized carbons (Fsp3) is 0.156. The van der Waals surface area contributed by atoms with Crippen molar-refractivity contribution in [3.63, 3.8) is 0 Å². The largest absolute Gasteiger partial charge is 0.392 e. The Hall–Kier alpha value is -5.11. The van der Waals surface area contributed by atoms with Crippen molar-refractivity contribution in [2.24, 2.45) is 9.98 Å². The van der Waals surface area contributed by atoms with Crippen LogP contribution in [-0.4, -0.2) is 41.7 Å². The van der Waals surface area contributed by atoms with Crippen LogP contribution in [0, 0.1) is 12.3 Å². The van der Waals surface area contributed by atoms with Crippen LogP contribution in [-0.2, 0) is 6.54 Å². The van der Waals surface area contributed by atoms with Gasteiger partial charge in [-0.05, 0) is 74.0 Å². The number of para-hydroxylation sites is 1. The van der Waals surface area contributed by atoms with Gasteiger partial charge in [0.15, 0.2) is 0 Å². The van der Waals surface area contributed by atoms with Crippen LogP contribution in [0.1, 0.15) is 41.0 Å². The number of nitrogens with one attached hydrogen (secondary N) is 3. The van der Waals surface area contributed by atoms with Gasteiger partial charge >= 0.3 is 0 Å². The summed E-state index contributed by atoms with van der Waals surface area (Å²) in [7, 11) is 1.80. The molecular weight excluding hydrogens is 498 g/mol. The Kier molecular flexibility index (Phi) is 7.25. The minimum absolute atomic E-state index is 0.0318. The SMILES string of the molecule is C=N/C(=C(/C)C=NC(=N)/C=C(/C)NC)c1c[nH]c2c(N3Cc4c(cccc4-c4ccnc(C)c4)C3=O)cccc12. The summed E-state index contributed by atoms with van der Waals surface area (Å²) in [4.78, 5) is 31.7. The molecule has 2 aromatic carbocycles. The Bertz CT molecular complexity index is 1760. The Morgan fingerprint density at radius 3 is 2.70 bits per heavy atom. The van der Waals surface area contributed by atoms with Gasteiger partial charge in [-0.1, -0.05) is 24.3 Å². The first-order valence-corrected chi connectivity index (χ1v) is 13.0. The molecule has 8 heteroatoms. The number of aryl methyl sites for hydroxylation is 1. The Balaban J connectivity index is 1.52. The molecule has 1 aliphatic heterocycles. The molecular formula is C32H31N7O. The molecule has 5 rings (SSSR count). The zero-order chi connectivity index (χ0) is 28.4. The monoisotopic (exact) mass is 529 g/mol. The highest BCUT2D eigenvalue weighted by Gasteiger charge is 2.32. The van der Waals surface area contributed by atoms with E-state index in [2.05, 4.69) is 38.1 Å². The van der Waals surface area contributed by atoms with E-state index in [4.69, 9.17) is 5.41 Å². The van der Waals surface area contributed by atoms with Crippen molar-refractivity contribution in [1.82, 2.24) is 15.3 Å². The van der Waals surface area contributed by atoms with Crippen molar-refractivity contribution in [3.8, 4) is 11.1 Å². The molecule has 0 saturated heterocycles. The Morgan fingerprint density at radius 2 is 1.95 bits per heavy atom. The lowest BCUT2D eigenvalue weighted by Crippen LogP contribution is -2.23. The minimum Gasteiger partial charge on any atom is -0.392 e. The lowest BCUT2D eigenvalue weighted by atomic mass is 9.97. The number of aromatic amines is 1. The van der Waals surface area contributed by atoms with Gasteiger partial charge in [-0.15, -0.1) is 0 Å². The molecule has 0 spiro atoms. The van der Waals surface area contributed by atoms with Crippen LogP contribution in [0.4, 0.5) is 5.69 Å². The lowest BCUT2D eigenvalue weighted by Gasteiger charge is -2.17. The van der Waals surface area contributed by atoms with Crippen LogP contribution in [0.2, 0.25) is 0 Å². The van der Waals surface area contributed by atoms with Crippen molar-refractivity contribution >= 4 is 47.0 Å². The molecule has 0 unspecified atom stereocenters. The number of allylic oxidation sites excluding steroid dienone is 2. The topological polar surface area (TPSA) is 110 Å².